The van der Waals surface area contributed by atoms with Crippen LogP contribution in [-0.4, -0.2) is 33.9 Å². The molecule has 0 aliphatic heterocycles. The Morgan fingerprint density at radius 1 is 0.500 bits per heavy atom. The second kappa shape index (κ2) is 11.4. The van der Waals surface area contributed by atoms with Crippen molar-refractivity contribution in [1.29, 1.82) is 10.5 Å². The molecule has 7 aromatic rings. The zero-order valence-corrected chi connectivity index (χ0v) is 24.9. The van der Waals surface area contributed by atoms with Crippen LogP contribution in [0.5, 0.6) is 0 Å². The minimum atomic E-state index is -5.01. The number of carbonyl (C=O) groups excluding carboxylic acids is 2. The third kappa shape index (κ3) is 5.20. The van der Waals surface area contributed by atoms with E-state index in [1.165, 1.54) is 24.3 Å². The van der Waals surface area contributed by atoms with Crippen LogP contribution in [0.3, 0.4) is 0 Å². The average molecular weight is 677 g/mol. The van der Waals surface area contributed by atoms with Crippen LogP contribution in [0, 0.1) is 22.9 Å². The van der Waals surface area contributed by atoms with Gasteiger partial charge in [0.2, 0.25) is 12.4 Å². The first-order valence-corrected chi connectivity index (χ1v) is 14.4. The molecule has 0 amide bonds. The van der Waals surface area contributed by atoms with E-state index in [9.17, 15) is 46.5 Å². The summed E-state index contributed by atoms with van der Waals surface area (Å²) >= 11 is 0. The lowest BCUT2D eigenvalue weighted by atomic mass is 10.0. The lowest BCUT2D eigenvalue weighted by Crippen LogP contribution is -2.22. The molecule has 1 heterocycles. The summed E-state index contributed by atoms with van der Waals surface area (Å²) in [6.45, 7) is 0. The Labute approximate surface area is 275 Å². The van der Waals surface area contributed by atoms with Gasteiger partial charge >= 0.3 is 12.4 Å². The number of nitrogens with zero attached hydrogens (tertiary/aromatic N) is 6. The van der Waals surface area contributed by atoms with Gasteiger partial charge in [-0.05, 0) is 34.4 Å². The van der Waals surface area contributed by atoms with E-state index in [0.29, 0.717) is 54.8 Å². The number of Topliss-reactive ketones (excluding diaryl/α,β-unsaturated/α-hetero) is 2. The average Bonchev–Trinajstić information content (AvgIpc) is 3.56. The van der Waals surface area contributed by atoms with Gasteiger partial charge in [0.15, 0.2) is 0 Å². The standard InChI is InChI=1S/C36H14F6N6O2/c37-35(38,39)33(49)19-5-1-17(2-6-19)21-9-11-23-25(13-21)27(45-15-43)31-29(23)47-32-28(46-16-44)26-14-22(10-12-24(26)30(32)48-31)18-3-7-20(8-4-18)34(50)36(40,41)42/h1-14H. The number of aromatic nitrogens is 2. The molecule has 0 fully saturated rings. The molecule has 0 aliphatic rings. The van der Waals surface area contributed by atoms with Crippen LogP contribution in [0.25, 0.3) is 65.9 Å². The molecule has 0 bridgehead atoms. The fourth-order valence-corrected chi connectivity index (χ4v) is 5.93. The van der Waals surface area contributed by atoms with Crippen molar-refractivity contribution in [3.63, 3.8) is 0 Å². The Morgan fingerprint density at radius 3 is 1.16 bits per heavy atom. The highest BCUT2D eigenvalue weighted by atomic mass is 19.4. The SMILES string of the molecule is N#CN=c1c2cc(-c3ccc(C(=O)C(F)(F)F)cc3)ccc2c2nc3c(=NC#N)c4cc(-c5ccc(C(=O)C(F)(F)F)cc5)ccc4c3nc12. The highest BCUT2D eigenvalue weighted by molar-refractivity contribution is 6.15. The number of alkyl halides is 6. The van der Waals surface area contributed by atoms with Crippen LogP contribution in [0.4, 0.5) is 26.3 Å². The van der Waals surface area contributed by atoms with Crippen LogP contribution in [-0.2, 0) is 0 Å². The summed E-state index contributed by atoms with van der Waals surface area (Å²) in [6, 6.07) is 19.9. The second-order valence-electron chi connectivity index (χ2n) is 11.1. The predicted octanol–water partition coefficient (Wildman–Crippen LogP) is 7.55. The molecule has 0 saturated heterocycles. The summed E-state index contributed by atoms with van der Waals surface area (Å²) in [5.74, 6) is -3.93. The number of rotatable bonds is 4. The molecule has 0 aliphatic carbocycles. The minimum absolute atomic E-state index is 0.191. The van der Waals surface area contributed by atoms with Crippen LogP contribution < -0.4 is 10.7 Å². The Bertz CT molecular complexity index is 2590. The number of hydrogen-bond acceptors (Lipinski definition) is 8. The van der Waals surface area contributed by atoms with Gasteiger partial charge in [0.05, 0.1) is 11.0 Å². The first-order valence-electron chi connectivity index (χ1n) is 14.4. The van der Waals surface area contributed by atoms with Crippen LogP contribution in [0.15, 0.2) is 94.9 Å². The van der Waals surface area contributed by atoms with E-state index in [4.69, 9.17) is 9.97 Å². The molecular weight excluding hydrogens is 662 g/mol. The normalized spacial score (nSPS) is 13.0. The van der Waals surface area contributed by atoms with Gasteiger partial charge in [-0.1, -0.05) is 72.8 Å². The highest BCUT2D eigenvalue weighted by Gasteiger charge is 2.40. The number of benzene rings is 4. The molecule has 0 N–H and O–H groups in total. The van der Waals surface area contributed by atoms with Crippen LogP contribution >= 0.6 is 0 Å². The largest absolute Gasteiger partial charge is 0.454 e. The Hall–Kier alpha value is -6.80. The van der Waals surface area contributed by atoms with Gasteiger partial charge < -0.3 is 0 Å². The van der Waals surface area contributed by atoms with E-state index >= 15 is 0 Å². The van der Waals surface area contributed by atoms with Crippen molar-refractivity contribution in [3.8, 4) is 34.6 Å². The summed E-state index contributed by atoms with van der Waals surface area (Å²) in [7, 11) is 0. The van der Waals surface area contributed by atoms with Crippen molar-refractivity contribution < 1.29 is 35.9 Å². The fourth-order valence-electron chi connectivity index (χ4n) is 5.93. The topological polar surface area (TPSA) is 132 Å². The van der Waals surface area contributed by atoms with Gasteiger partial charge in [0, 0.05) is 32.7 Å². The Kier molecular flexibility index (Phi) is 7.26. The molecule has 242 valence electrons. The molecule has 6 aromatic carbocycles. The van der Waals surface area contributed by atoms with Crippen LogP contribution in [0.2, 0.25) is 0 Å². The van der Waals surface area contributed by atoms with Crippen molar-refractivity contribution >= 4 is 55.2 Å². The van der Waals surface area contributed by atoms with Gasteiger partial charge in [0.1, 0.15) is 21.7 Å². The van der Waals surface area contributed by atoms with E-state index in [0.717, 1.165) is 24.3 Å². The zero-order valence-electron chi connectivity index (χ0n) is 24.9. The number of ketones is 2. The summed E-state index contributed by atoms with van der Waals surface area (Å²) in [5, 5.41) is 21.5. The van der Waals surface area contributed by atoms with E-state index in [1.807, 2.05) is 0 Å². The Morgan fingerprint density at radius 2 is 0.840 bits per heavy atom. The van der Waals surface area contributed by atoms with Gasteiger partial charge in [0.25, 0.3) is 11.6 Å². The molecule has 0 radical (unpaired) electrons. The van der Waals surface area contributed by atoms with Gasteiger partial charge in [-0.3, -0.25) is 9.59 Å². The smallest absolute Gasteiger partial charge is 0.284 e. The van der Waals surface area contributed by atoms with Crippen molar-refractivity contribution in [2.75, 3.05) is 0 Å². The number of nitriles is 2. The first-order chi connectivity index (χ1) is 23.8. The fraction of sp³-hybridized carbons (Fsp3) is 0.0556. The summed E-state index contributed by atoms with van der Waals surface area (Å²) in [5.41, 5.74) is 2.30. The molecule has 14 heteroatoms. The number of carbonyl (C=O) groups is 2. The van der Waals surface area contributed by atoms with Crippen molar-refractivity contribution in [2.45, 2.75) is 12.4 Å². The summed E-state index contributed by atoms with van der Waals surface area (Å²) < 4.78 is 77.3. The van der Waals surface area contributed by atoms with Crippen molar-refractivity contribution in [1.82, 2.24) is 9.97 Å². The minimum Gasteiger partial charge on any atom is -0.284 e. The zero-order chi connectivity index (χ0) is 35.5. The van der Waals surface area contributed by atoms with E-state index in [-0.39, 0.29) is 21.7 Å². The quantitative estimate of drug-likeness (QED) is 0.107. The molecule has 0 spiro atoms. The number of hydrogen-bond donors (Lipinski definition) is 0. The van der Waals surface area contributed by atoms with Gasteiger partial charge in [-0.25, -0.2) is 9.97 Å². The summed E-state index contributed by atoms with van der Waals surface area (Å²) in [6.07, 6.45) is -6.48. The van der Waals surface area contributed by atoms with Crippen molar-refractivity contribution in [2.24, 2.45) is 9.98 Å². The lowest BCUT2D eigenvalue weighted by molar-refractivity contribution is -0.0888. The molecular formula is C36H14F6N6O2. The predicted molar refractivity (Wildman–Crippen MR) is 168 cm³/mol. The molecule has 1 aromatic heterocycles. The maximum absolute atomic E-state index is 12.9. The third-order valence-corrected chi connectivity index (χ3v) is 8.20. The van der Waals surface area contributed by atoms with Crippen LogP contribution in [0.1, 0.15) is 20.7 Å². The first kappa shape index (κ1) is 31.8. The number of halogens is 6. The van der Waals surface area contributed by atoms with E-state index in [2.05, 4.69) is 9.98 Å². The van der Waals surface area contributed by atoms with Gasteiger partial charge in [-0.2, -0.15) is 46.9 Å². The molecule has 50 heavy (non-hydrogen) atoms. The molecule has 8 nitrogen and oxygen atoms in total. The molecule has 0 unspecified atom stereocenters. The third-order valence-electron chi connectivity index (χ3n) is 8.20. The molecule has 0 saturated carbocycles. The van der Waals surface area contributed by atoms with E-state index < -0.39 is 35.0 Å². The maximum atomic E-state index is 12.9. The maximum Gasteiger partial charge on any atom is 0.454 e. The Balaban J connectivity index is 1.38. The monoisotopic (exact) mass is 676 g/mol. The molecule has 0 atom stereocenters. The summed E-state index contributed by atoms with van der Waals surface area (Å²) in [4.78, 5) is 40.9. The van der Waals surface area contributed by atoms with Crippen molar-refractivity contribution in [3.05, 3.63) is 107 Å². The number of fused-ring (bicyclic) bond motifs is 6. The van der Waals surface area contributed by atoms with E-state index in [1.54, 1.807) is 48.8 Å². The highest BCUT2D eigenvalue weighted by Crippen LogP contribution is 2.33. The lowest BCUT2D eigenvalue weighted by Gasteiger charge is -2.07. The molecule has 7 rings (SSSR count). The van der Waals surface area contributed by atoms with Gasteiger partial charge in [-0.15, -0.1) is 0 Å². The second-order valence-corrected chi connectivity index (χ2v) is 11.1.